The number of hydrogen-bond acceptors (Lipinski definition) is 0. The van der Waals surface area contributed by atoms with Gasteiger partial charge in [-0.25, -0.2) is 8.78 Å². The lowest BCUT2D eigenvalue weighted by Gasteiger charge is -2.23. The Bertz CT molecular complexity index is 635. The zero-order valence-electron chi connectivity index (χ0n) is 13.0. The second-order valence-electron chi connectivity index (χ2n) is 5.76. The average molecular weight is 300 g/mol. The first kappa shape index (κ1) is 16.4. The van der Waals surface area contributed by atoms with E-state index in [9.17, 15) is 8.78 Å². The highest BCUT2D eigenvalue weighted by atomic mass is 19.2. The summed E-state index contributed by atoms with van der Waals surface area (Å²) in [7, 11) is 0. The Balaban J connectivity index is 2.09. The SMILES string of the molecule is C=C(CCCC)C1=CC=CC(Cc2ccc(F)c(F)c2)C1=C. The molecule has 1 aromatic rings. The number of allylic oxidation sites excluding steroid dienone is 6. The number of rotatable bonds is 6. The fourth-order valence-corrected chi connectivity index (χ4v) is 2.69. The van der Waals surface area contributed by atoms with Gasteiger partial charge < -0.3 is 0 Å². The predicted molar refractivity (Wildman–Crippen MR) is 88.6 cm³/mol. The summed E-state index contributed by atoms with van der Waals surface area (Å²) < 4.78 is 26.3. The molecule has 0 heterocycles. The van der Waals surface area contributed by atoms with Gasteiger partial charge in [-0.15, -0.1) is 0 Å². The summed E-state index contributed by atoms with van der Waals surface area (Å²) in [5, 5.41) is 0. The van der Waals surface area contributed by atoms with E-state index in [2.05, 4.69) is 26.2 Å². The van der Waals surface area contributed by atoms with Gasteiger partial charge in [-0.3, -0.25) is 0 Å². The van der Waals surface area contributed by atoms with Crippen LogP contribution in [0.1, 0.15) is 31.7 Å². The van der Waals surface area contributed by atoms with Gasteiger partial charge in [0.2, 0.25) is 0 Å². The highest BCUT2D eigenvalue weighted by molar-refractivity contribution is 5.51. The minimum absolute atomic E-state index is 0.100. The topological polar surface area (TPSA) is 0 Å². The monoisotopic (exact) mass is 300 g/mol. The van der Waals surface area contributed by atoms with Crippen molar-refractivity contribution in [3.8, 4) is 0 Å². The van der Waals surface area contributed by atoms with Crippen LogP contribution in [0.3, 0.4) is 0 Å². The first-order valence-electron chi connectivity index (χ1n) is 7.72. The van der Waals surface area contributed by atoms with E-state index < -0.39 is 11.6 Å². The molecule has 0 bridgehead atoms. The van der Waals surface area contributed by atoms with Gasteiger partial charge in [-0.1, -0.05) is 50.8 Å². The maximum Gasteiger partial charge on any atom is 0.159 e. The normalized spacial score (nSPS) is 17.5. The Morgan fingerprint density at radius 1 is 1.23 bits per heavy atom. The van der Waals surface area contributed by atoms with Crippen LogP contribution in [0, 0.1) is 17.6 Å². The Hall–Kier alpha value is -1.96. The van der Waals surface area contributed by atoms with Crippen LogP contribution in [0.15, 0.2) is 66.3 Å². The minimum Gasteiger partial charge on any atom is -0.204 e. The standard InChI is InChI=1S/C20H22F2/c1-4-5-7-14(2)18-9-6-8-17(15(18)3)12-16-10-11-19(21)20(22)13-16/h6,8-11,13,17H,2-5,7,12H2,1H3. The Kier molecular flexibility index (Phi) is 5.48. The van der Waals surface area contributed by atoms with Crippen molar-refractivity contribution in [3.63, 3.8) is 0 Å². The molecule has 0 spiro atoms. The molecule has 0 saturated carbocycles. The minimum atomic E-state index is -0.810. The largest absolute Gasteiger partial charge is 0.204 e. The second kappa shape index (κ2) is 7.35. The van der Waals surface area contributed by atoms with Crippen LogP contribution in [-0.2, 0) is 6.42 Å². The summed E-state index contributed by atoms with van der Waals surface area (Å²) in [5.74, 6) is -1.51. The Labute approximate surface area is 131 Å². The van der Waals surface area contributed by atoms with Gasteiger partial charge in [0.1, 0.15) is 0 Å². The van der Waals surface area contributed by atoms with E-state index in [1.165, 1.54) is 12.1 Å². The smallest absolute Gasteiger partial charge is 0.159 e. The van der Waals surface area contributed by atoms with E-state index in [1.54, 1.807) is 6.07 Å². The fourth-order valence-electron chi connectivity index (χ4n) is 2.69. The lowest BCUT2D eigenvalue weighted by Crippen LogP contribution is -2.11. The van der Waals surface area contributed by atoms with Crippen molar-refractivity contribution in [2.75, 3.05) is 0 Å². The van der Waals surface area contributed by atoms with Crippen LogP contribution in [0.2, 0.25) is 0 Å². The fraction of sp³-hybridized carbons (Fsp3) is 0.300. The molecule has 1 atom stereocenters. The van der Waals surface area contributed by atoms with Crippen molar-refractivity contribution in [1.82, 2.24) is 0 Å². The van der Waals surface area contributed by atoms with Crippen molar-refractivity contribution in [2.45, 2.75) is 32.6 Å². The van der Waals surface area contributed by atoms with Crippen molar-refractivity contribution >= 4 is 0 Å². The van der Waals surface area contributed by atoms with Gasteiger partial charge in [0.25, 0.3) is 0 Å². The van der Waals surface area contributed by atoms with Crippen molar-refractivity contribution < 1.29 is 8.78 Å². The zero-order valence-corrected chi connectivity index (χ0v) is 13.0. The number of benzene rings is 1. The molecular weight excluding hydrogens is 278 g/mol. The molecule has 0 N–H and O–H groups in total. The van der Waals surface area contributed by atoms with E-state index >= 15 is 0 Å². The molecule has 1 aliphatic carbocycles. The molecule has 0 fully saturated rings. The van der Waals surface area contributed by atoms with Crippen LogP contribution in [0.5, 0.6) is 0 Å². The molecule has 1 unspecified atom stereocenters. The van der Waals surface area contributed by atoms with Crippen molar-refractivity contribution in [3.05, 3.63) is 83.5 Å². The molecular formula is C20H22F2. The molecule has 0 nitrogen and oxygen atoms in total. The van der Waals surface area contributed by atoms with Crippen LogP contribution < -0.4 is 0 Å². The molecule has 0 amide bonds. The van der Waals surface area contributed by atoms with Gasteiger partial charge in [-0.2, -0.15) is 0 Å². The second-order valence-corrected chi connectivity index (χ2v) is 5.76. The average Bonchev–Trinajstić information content (AvgIpc) is 2.50. The highest BCUT2D eigenvalue weighted by Gasteiger charge is 2.19. The molecule has 0 aromatic heterocycles. The van der Waals surface area contributed by atoms with E-state index in [1.807, 2.05) is 12.2 Å². The van der Waals surface area contributed by atoms with Gasteiger partial charge in [0.05, 0.1) is 0 Å². The lowest BCUT2D eigenvalue weighted by molar-refractivity contribution is 0.506. The molecule has 22 heavy (non-hydrogen) atoms. The Morgan fingerprint density at radius 2 is 2.00 bits per heavy atom. The van der Waals surface area contributed by atoms with Crippen molar-refractivity contribution in [2.24, 2.45) is 5.92 Å². The molecule has 116 valence electrons. The number of halogens is 2. The van der Waals surface area contributed by atoms with E-state index in [-0.39, 0.29) is 5.92 Å². The predicted octanol–water partition coefficient (Wildman–Crippen LogP) is 5.92. The first-order valence-corrected chi connectivity index (χ1v) is 7.72. The quantitative estimate of drug-likeness (QED) is 0.611. The molecule has 0 aliphatic heterocycles. The van der Waals surface area contributed by atoms with Crippen LogP contribution in [0.4, 0.5) is 8.78 Å². The van der Waals surface area contributed by atoms with Crippen molar-refractivity contribution in [1.29, 1.82) is 0 Å². The summed E-state index contributed by atoms with van der Waals surface area (Å²) in [6, 6.07) is 4.07. The zero-order chi connectivity index (χ0) is 16.1. The molecule has 1 aromatic carbocycles. The maximum atomic E-state index is 13.3. The maximum absolute atomic E-state index is 13.3. The summed E-state index contributed by atoms with van der Waals surface area (Å²) in [6.07, 6.45) is 9.93. The van der Waals surface area contributed by atoms with E-state index in [0.29, 0.717) is 6.42 Å². The lowest BCUT2D eigenvalue weighted by atomic mass is 9.81. The molecule has 1 aliphatic rings. The van der Waals surface area contributed by atoms with Gasteiger partial charge in [0.15, 0.2) is 11.6 Å². The third kappa shape index (κ3) is 3.82. The summed E-state index contributed by atoms with van der Waals surface area (Å²) in [4.78, 5) is 0. The summed E-state index contributed by atoms with van der Waals surface area (Å²) in [6.45, 7) is 10.5. The third-order valence-corrected chi connectivity index (χ3v) is 4.05. The van der Waals surface area contributed by atoms with E-state index in [0.717, 1.165) is 41.5 Å². The van der Waals surface area contributed by atoms with Gasteiger partial charge >= 0.3 is 0 Å². The molecule has 0 saturated heterocycles. The molecule has 2 heteroatoms. The van der Waals surface area contributed by atoms with E-state index in [4.69, 9.17) is 0 Å². The van der Waals surface area contributed by atoms with Gasteiger partial charge in [-0.05, 0) is 53.7 Å². The Morgan fingerprint density at radius 3 is 2.68 bits per heavy atom. The third-order valence-electron chi connectivity index (χ3n) is 4.05. The van der Waals surface area contributed by atoms with Crippen LogP contribution in [0.25, 0.3) is 0 Å². The van der Waals surface area contributed by atoms with Crippen LogP contribution >= 0.6 is 0 Å². The number of hydrogen-bond donors (Lipinski definition) is 0. The highest BCUT2D eigenvalue weighted by Crippen LogP contribution is 2.32. The number of unbranched alkanes of at least 4 members (excludes halogenated alkanes) is 1. The van der Waals surface area contributed by atoms with Gasteiger partial charge in [0, 0.05) is 5.92 Å². The summed E-state index contributed by atoms with van der Waals surface area (Å²) in [5.41, 5.74) is 3.98. The summed E-state index contributed by atoms with van der Waals surface area (Å²) >= 11 is 0. The van der Waals surface area contributed by atoms with Crippen LogP contribution in [-0.4, -0.2) is 0 Å². The first-order chi connectivity index (χ1) is 10.5. The molecule has 0 radical (unpaired) electrons. The molecule has 2 rings (SSSR count).